The zero-order valence-corrected chi connectivity index (χ0v) is 4.87. The van der Waals surface area contributed by atoms with Crippen LogP contribution in [0.1, 0.15) is 0 Å². The second kappa shape index (κ2) is 2.24. The second-order valence-corrected chi connectivity index (χ2v) is 1.72. The Labute approximate surface area is 55.1 Å². The second-order valence-electron chi connectivity index (χ2n) is 1.72. The van der Waals surface area contributed by atoms with Crippen LogP contribution < -0.4 is 5.32 Å². The van der Waals surface area contributed by atoms with Crippen LogP contribution in [0.4, 0.5) is 18.9 Å². The van der Waals surface area contributed by atoms with Gasteiger partial charge < -0.3 is 4.98 Å². The first-order valence-electron chi connectivity index (χ1n) is 2.55. The van der Waals surface area contributed by atoms with Gasteiger partial charge in [-0.15, -0.1) is 0 Å². The molecule has 0 atom stereocenters. The lowest BCUT2D eigenvalue weighted by Gasteiger charge is -2.06. The largest absolute Gasteiger partial charge is 0.482 e. The zero-order valence-electron chi connectivity index (χ0n) is 4.87. The summed E-state index contributed by atoms with van der Waals surface area (Å²) in [4.78, 5) is 2.49. The van der Waals surface area contributed by atoms with Crippen LogP contribution in [0.15, 0.2) is 18.5 Å². The van der Waals surface area contributed by atoms with Gasteiger partial charge >= 0.3 is 6.30 Å². The molecule has 0 amide bonds. The third-order valence-corrected chi connectivity index (χ3v) is 0.884. The molecule has 0 fully saturated rings. The lowest BCUT2D eigenvalue weighted by Crippen LogP contribution is -2.19. The molecular weight excluding hydrogens is 145 g/mol. The molecular formula is C5H5F3N2. The number of hydrogen-bond acceptors (Lipinski definition) is 1. The summed E-state index contributed by atoms with van der Waals surface area (Å²) in [6.45, 7) is 0. The lowest BCUT2D eigenvalue weighted by atomic mass is 10.5. The number of rotatable bonds is 1. The topological polar surface area (TPSA) is 27.8 Å². The number of aromatic amines is 1. The molecule has 2 nitrogen and oxygen atoms in total. The average Bonchev–Trinajstić information content (AvgIpc) is 2.12. The van der Waals surface area contributed by atoms with Crippen molar-refractivity contribution in [3.05, 3.63) is 18.5 Å². The van der Waals surface area contributed by atoms with Crippen molar-refractivity contribution < 1.29 is 13.2 Å². The van der Waals surface area contributed by atoms with Crippen LogP contribution in [0.5, 0.6) is 0 Å². The highest BCUT2D eigenvalue weighted by atomic mass is 19.4. The maximum atomic E-state index is 11.5. The highest BCUT2D eigenvalue weighted by molar-refractivity contribution is 5.40. The van der Waals surface area contributed by atoms with Gasteiger partial charge in [0.25, 0.3) is 0 Å². The molecule has 1 aromatic heterocycles. The highest BCUT2D eigenvalue weighted by Crippen LogP contribution is 2.18. The molecule has 10 heavy (non-hydrogen) atoms. The number of halogens is 3. The predicted molar refractivity (Wildman–Crippen MR) is 30.5 cm³/mol. The summed E-state index contributed by atoms with van der Waals surface area (Å²) in [6, 6.07) is 1.30. The van der Waals surface area contributed by atoms with E-state index in [1.807, 2.05) is 0 Å². The Hall–Kier alpha value is -1.13. The van der Waals surface area contributed by atoms with Crippen molar-refractivity contribution >= 4 is 5.69 Å². The fourth-order valence-electron chi connectivity index (χ4n) is 0.565. The number of anilines is 1. The van der Waals surface area contributed by atoms with Crippen LogP contribution in [0.25, 0.3) is 0 Å². The minimum atomic E-state index is -4.35. The Kier molecular flexibility index (Phi) is 1.57. The van der Waals surface area contributed by atoms with Crippen LogP contribution >= 0.6 is 0 Å². The standard InChI is InChI=1S/C5H5F3N2/c6-5(7,8)10-4-1-2-9-3-4/h1-3,9-10H. The summed E-state index contributed by atoms with van der Waals surface area (Å²) in [5.41, 5.74) is 0.0208. The molecule has 0 aliphatic heterocycles. The first kappa shape index (κ1) is 6.98. The van der Waals surface area contributed by atoms with Gasteiger partial charge in [0, 0.05) is 12.4 Å². The van der Waals surface area contributed by atoms with E-state index in [4.69, 9.17) is 0 Å². The third kappa shape index (κ3) is 2.00. The quantitative estimate of drug-likeness (QED) is 0.588. The number of nitrogens with one attached hydrogen (secondary N) is 2. The maximum Gasteiger partial charge on any atom is 0.482 e. The van der Waals surface area contributed by atoms with E-state index in [0.29, 0.717) is 0 Å². The summed E-state index contributed by atoms with van der Waals surface area (Å²) in [7, 11) is 0. The van der Waals surface area contributed by atoms with Crippen LogP contribution in [-0.4, -0.2) is 11.3 Å². The first-order valence-corrected chi connectivity index (χ1v) is 2.55. The van der Waals surface area contributed by atoms with Gasteiger partial charge in [0.2, 0.25) is 0 Å². The van der Waals surface area contributed by atoms with E-state index in [2.05, 4.69) is 4.98 Å². The minimum Gasteiger partial charge on any atom is -0.366 e. The van der Waals surface area contributed by atoms with Gasteiger partial charge in [-0.05, 0) is 6.07 Å². The highest BCUT2D eigenvalue weighted by Gasteiger charge is 2.26. The van der Waals surface area contributed by atoms with E-state index in [1.54, 1.807) is 0 Å². The van der Waals surface area contributed by atoms with E-state index in [1.165, 1.54) is 23.8 Å². The fraction of sp³-hybridized carbons (Fsp3) is 0.200. The zero-order chi connectivity index (χ0) is 7.61. The first-order chi connectivity index (χ1) is 4.58. The molecule has 1 aromatic rings. The van der Waals surface area contributed by atoms with E-state index < -0.39 is 6.30 Å². The van der Waals surface area contributed by atoms with Crippen molar-refractivity contribution in [2.45, 2.75) is 6.30 Å². The molecule has 2 N–H and O–H groups in total. The normalized spacial score (nSPS) is 11.5. The van der Waals surface area contributed by atoms with Crippen LogP contribution in [0, 0.1) is 0 Å². The monoisotopic (exact) mass is 150 g/mol. The molecule has 56 valence electrons. The smallest absolute Gasteiger partial charge is 0.366 e. The number of H-pyrrole nitrogens is 1. The van der Waals surface area contributed by atoms with Gasteiger partial charge in [0.1, 0.15) is 0 Å². The van der Waals surface area contributed by atoms with Crippen molar-refractivity contribution in [3.63, 3.8) is 0 Å². The van der Waals surface area contributed by atoms with Gasteiger partial charge in [0.05, 0.1) is 5.69 Å². The molecule has 1 rings (SSSR count). The summed E-state index contributed by atoms with van der Waals surface area (Å²) in [5, 5.41) is 1.33. The van der Waals surface area contributed by atoms with Crippen LogP contribution in [-0.2, 0) is 0 Å². The van der Waals surface area contributed by atoms with Gasteiger partial charge in [-0.2, -0.15) is 13.2 Å². The van der Waals surface area contributed by atoms with Crippen molar-refractivity contribution in [1.82, 2.24) is 4.98 Å². The van der Waals surface area contributed by atoms with Crippen LogP contribution in [0.3, 0.4) is 0 Å². The Balaban J connectivity index is 2.57. The van der Waals surface area contributed by atoms with Gasteiger partial charge in [0.15, 0.2) is 0 Å². The molecule has 1 heterocycles. The number of hydrogen-bond donors (Lipinski definition) is 2. The van der Waals surface area contributed by atoms with Crippen molar-refractivity contribution in [2.24, 2.45) is 0 Å². The van der Waals surface area contributed by atoms with E-state index in [-0.39, 0.29) is 5.69 Å². The molecule has 0 bridgehead atoms. The van der Waals surface area contributed by atoms with Crippen molar-refractivity contribution in [1.29, 1.82) is 0 Å². The molecule has 0 radical (unpaired) electrons. The van der Waals surface area contributed by atoms with Crippen molar-refractivity contribution in [3.8, 4) is 0 Å². The van der Waals surface area contributed by atoms with E-state index in [9.17, 15) is 13.2 Å². The summed E-state index contributed by atoms with van der Waals surface area (Å²) >= 11 is 0. The fourth-order valence-corrected chi connectivity index (χ4v) is 0.565. The summed E-state index contributed by atoms with van der Waals surface area (Å²) in [6.07, 6.45) is -1.70. The summed E-state index contributed by atoms with van der Waals surface area (Å²) in [5.74, 6) is 0. The average molecular weight is 150 g/mol. The number of aromatic nitrogens is 1. The Morgan fingerprint density at radius 1 is 1.40 bits per heavy atom. The molecule has 0 aromatic carbocycles. The van der Waals surface area contributed by atoms with Gasteiger partial charge in [-0.1, -0.05) is 0 Å². The molecule has 5 heteroatoms. The number of alkyl halides is 3. The van der Waals surface area contributed by atoms with Gasteiger partial charge in [-0.3, -0.25) is 5.32 Å². The Morgan fingerprint density at radius 3 is 2.50 bits per heavy atom. The molecule has 0 aliphatic rings. The Morgan fingerprint density at radius 2 is 2.10 bits per heavy atom. The molecule has 0 aliphatic carbocycles. The molecule has 0 saturated carbocycles. The van der Waals surface area contributed by atoms with Gasteiger partial charge in [-0.25, -0.2) is 0 Å². The molecule has 0 saturated heterocycles. The van der Waals surface area contributed by atoms with E-state index >= 15 is 0 Å². The van der Waals surface area contributed by atoms with Crippen LogP contribution in [0.2, 0.25) is 0 Å². The third-order valence-electron chi connectivity index (χ3n) is 0.884. The molecule has 0 unspecified atom stereocenters. The maximum absolute atomic E-state index is 11.5. The SMILES string of the molecule is FC(F)(F)Nc1cc[nH]c1. The van der Waals surface area contributed by atoms with Crippen molar-refractivity contribution in [2.75, 3.05) is 5.32 Å². The predicted octanol–water partition coefficient (Wildman–Crippen LogP) is 1.95. The Bertz CT molecular complexity index is 189. The van der Waals surface area contributed by atoms with E-state index in [0.717, 1.165) is 0 Å². The lowest BCUT2D eigenvalue weighted by molar-refractivity contribution is -0.0999. The minimum absolute atomic E-state index is 0.0208. The summed E-state index contributed by atoms with van der Waals surface area (Å²) < 4.78 is 34.5. The molecule has 0 spiro atoms.